The van der Waals surface area contributed by atoms with Crippen LogP contribution in [0.1, 0.15) is 0 Å². The molecule has 188 valence electrons. The van der Waals surface area contributed by atoms with E-state index in [9.17, 15) is 0 Å². The van der Waals surface area contributed by atoms with Crippen molar-refractivity contribution in [3.63, 3.8) is 0 Å². The van der Waals surface area contributed by atoms with Crippen molar-refractivity contribution in [1.29, 1.82) is 0 Å². The van der Waals surface area contributed by atoms with Crippen molar-refractivity contribution < 1.29 is 0 Å². The van der Waals surface area contributed by atoms with Crippen molar-refractivity contribution in [2.45, 2.75) is 0 Å². The zero-order valence-corrected chi connectivity index (χ0v) is 21.6. The van der Waals surface area contributed by atoms with Crippen LogP contribution in [-0.4, -0.2) is 13.8 Å². The topological polar surface area (TPSA) is 40.8 Å². The average Bonchev–Trinajstić information content (AvgIpc) is 3.63. The molecule has 0 spiro atoms. The summed E-state index contributed by atoms with van der Waals surface area (Å²) in [4.78, 5) is 0. The van der Waals surface area contributed by atoms with E-state index >= 15 is 0 Å². The number of hydrogen-bond acceptors (Lipinski definition) is 1. The number of nitrogens with two attached hydrogens (primary N) is 1. The molecule has 9 rings (SSSR count). The Morgan fingerprint density at radius 3 is 1.60 bits per heavy atom. The molecule has 3 aromatic heterocycles. The number of fused-ring (bicyclic) bond motifs is 11. The van der Waals surface area contributed by atoms with E-state index in [4.69, 9.17) is 5.84 Å². The van der Waals surface area contributed by atoms with Gasteiger partial charge in [0.15, 0.2) is 0 Å². The molecule has 0 radical (unpaired) electrons. The molecule has 4 nitrogen and oxygen atoms in total. The van der Waals surface area contributed by atoms with Gasteiger partial charge in [0.2, 0.25) is 0 Å². The predicted octanol–water partition coefficient (Wildman–Crippen LogP) is 8.70. The van der Waals surface area contributed by atoms with Gasteiger partial charge in [-0.15, -0.1) is 0 Å². The Morgan fingerprint density at radius 1 is 0.350 bits per heavy atom. The highest BCUT2D eigenvalue weighted by molar-refractivity contribution is 6.34. The summed E-state index contributed by atoms with van der Waals surface area (Å²) in [5.41, 5.74) is 9.06. The normalized spacial score (nSPS) is 12.1. The van der Waals surface area contributed by atoms with E-state index in [2.05, 4.69) is 143 Å². The SMILES string of the molecule is Nn1c2ccc3c(c4ccccc4n3-c3ccccc3)c2c2c1ccc1c3ccccc3n(-c3ccccc3)c12. The van der Waals surface area contributed by atoms with Crippen molar-refractivity contribution in [3.05, 3.63) is 133 Å². The van der Waals surface area contributed by atoms with Gasteiger partial charge in [-0.05, 0) is 54.6 Å². The van der Waals surface area contributed by atoms with E-state index in [0.717, 1.165) is 22.4 Å². The van der Waals surface area contributed by atoms with Crippen molar-refractivity contribution >= 4 is 65.4 Å². The van der Waals surface area contributed by atoms with Gasteiger partial charge < -0.3 is 15.0 Å². The maximum atomic E-state index is 6.90. The number of rotatable bonds is 2. The van der Waals surface area contributed by atoms with Crippen molar-refractivity contribution in [2.75, 3.05) is 5.84 Å². The van der Waals surface area contributed by atoms with Crippen molar-refractivity contribution in [1.82, 2.24) is 13.8 Å². The number of nitrogen functional groups attached to an aromatic ring is 1. The molecular formula is C36H24N4. The maximum Gasteiger partial charge on any atom is 0.0725 e. The standard InChI is InChI=1S/C36H24N4/c37-40-31-22-21-30-33(27-16-8-10-18-29(27)38(30)23-11-3-1-4-12-23)34(31)35-32(40)20-19-26-25-15-7-9-17-28(25)39(36(26)35)24-13-5-2-6-14-24/h1-22H,37H2. The Labute approximate surface area is 229 Å². The second-order valence-electron chi connectivity index (χ2n) is 10.5. The largest absolute Gasteiger partial charge is 0.339 e. The van der Waals surface area contributed by atoms with Crippen LogP contribution in [0, 0.1) is 0 Å². The lowest BCUT2D eigenvalue weighted by Crippen LogP contribution is -2.06. The fourth-order valence-electron chi connectivity index (χ4n) is 6.83. The molecule has 0 saturated heterocycles. The summed E-state index contributed by atoms with van der Waals surface area (Å²) in [7, 11) is 0. The number of hydrogen-bond donors (Lipinski definition) is 1. The molecule has 3 heterocycles. The molecule has 0 aliphatic rings. The number of para-hydroxylation sites is 4. The van der Waals surface area contributed by atoms with E-state index < -0.39 is 0 Å². The first-order valence-electron chi connectivity index (χ1n) is 13.6. The van der Waals surface area contributed by atoms with Gasteiger partial charge in [0, 0.05) is 43.7 Å². The molecule has 0 saturated carbocycles. The van der Waals surface area contributed by atoms with Gasteiger partial charge in [-0.1, -0.05) is 78.9 Å². The molecule has 9 aromatic rings. The Balaban J connectivity index is 1.59. The zero-order valence-electron chi connectivity index (χ0n) is 21.6. The number of aromatic nitrogens is 3. The van der Waals surface area contributed by atoms with Gasteiger partial charge in [0.1, 0.15) is 0 Å². The number of nitrogens with zero attached hydrogens (tertiary/aromatic N) is 3. The van der Waals surface area contributed by atoms with Crippen LogP contribution in [0.2, 0.25) is 0 Å². The summed E-state index contributed by atoms with van der Waals surface area (Å²) in [6.07, 6.45) is 0. The lowest BCUT2D eigenvalue weighted by molar-refractivity contribution is 1.12. The summed E-state index contributed by atoms with van der Waals surface area (Å²) < 4.78 is 6.64. The fraction of sp³-hybridized carbons (Fsp3) is 0. The van der Waals surface area contributed by atoms with E-state index in [1.165, 1.54) is 54.4 Å². The van der Waals surface area contributed by atoms with Gasteiger partial charge in [0.05, 0.1) is 33.1 Å². The summed E-state index contributed by atoms with van der Waals surface area (Å²) in [5.74, 6) is 6.90. The highest BCUT2D eigenvalue weighted by Crippen LogP contribution is 2.45. The van der Waals surface area contributed by atoms with Gasteiger partial charge in [0.25, 0.3) is 0 Å². The first-order chi connectivity index (χ1) is 19.8. The van der Waals surface area contributed by atoms with Crippen LogP contribution in [0.25, 0.3) is 76.8 Å². The minimum Gasteiger partial charge on any atom is -0.339 e. The molecular weight excluding hydrogens is 488 g/mol. The summed E-state index contributed by atoms with van der Waals surface area (Å²) >= 11 is 0. The Kier molecular flexibility index (Phi) is 4.17. The summed E-state index contributed by atoms with van der Waals surface area (Å²) in [5, 5.41) is 7.27. The molecule has 6 aromatic carbocycles. The third-order valence-electron chi connectivity index (χ3n) is 8.43. The number of benzene rings is 6. The van der Waals surface area contributed by atoms with Gasteiger partial charge in [-0.3, -0.25) is 4.68 Å². The average molecular weight is 513 g/mol. The molecule has 0 atom stereocenters. The third-order valence-corrected chi connectivity index (χ3v) is 8.43. The minimum absolute atomic E-state index is 1.02. The lowest BCUT2D eigenvalue weighted by atomic mass is 10.0. The molecule has 0 bridgehead atoms. The molecule has 0 aliphatic carbocycles. The Morgan fingerprint density at radius 2 is 0.875 bits per heavy atom. The quantitative estimate of drug-likeness (QED) is 0.231. The minimum atomic E-state index is 1.02. The Hall–Kier alpha value is -5.48. The highest BCUT2D eigenvalue weighted by atomic mass is 15.3. The fourth-order valence-corrected chi connectivity index (χ4v) is 6.83. The van der Waals surface area contributed by atoms with Crippen LogP contribution >= 0.6 is 0 Å². The molecule has 40 heavy (non-hydrogen) atoms. The Bertz CT molecular complexity index is 2420. The predicted molar refractivity (Wildman–Crippen MR) is 168 cm³/mol. The van der Waals surface area contributed by atoms with E-state index in [-0.39, 0.29) is 0 Å². The molecule has 0 fully saturated rings. The van der Waals surface area contributed by atoms with Crippen LogP contribution in [0.15, 0.2) is 133 Å². The van der Waals surface area contributed by atoms with Crippen LogP contribution in [0.5, 0.6) is 0 Å². The van der Waals surface area contributed by atoms with Crippen LogP contribution in [0.4, 0.5) is 0 Å². The van der Waals surface area contributed by atoms with Gasteiger partial charge in [-0.25, -0.2) is 0 Å². The molecule has 4 heteroatoms. The smallest absolute Gasteiger partial charge is 0.0725 e. The highest BCUT2D eigenvalue weighted by Gasteiger charge is 2.23. The molecule has 0 unspecified atom stereocenters. The summed E-state index contributed by atoms with van der Waals surface area (Å²) in [6.45, 7) is 0. The van der Waals surface area contributed by atoms with Crippen molar-refractivity contribution in [3.8, 4) is 11.4 Å². The van der Waals surface area contributed by atoms with Crippen molar-refractivity contribution in [2.24, 2.45) is 0 Å². The third kappa shape index (κ3) is 2.65. The zero-order chi connectivity index (χ0) is 26.4. The van der Waals surface area contributed by atoms with Crippen LogP contribution in [0.3, 0.4) is 0 Å². The molecule has 2 N–H and O–H groups in total. The van der Waals surface area contributed by atoms with Gasteiger partial charge >= 0.3 is 0 Å². The first-order valence-corrected chi connectivity index (χ1v) is 13.6. The monoisotopic (exact) mass is 512 g/mol. The summed E-state index contributed by atoms with van der Waals surface area (Å²) in [6, 6.07) is 47.5. The van der Waals surface area contributed by atoms with E-state index in [0.29, 0.717) is 0 Å². The van der Waals surface area contributed by atoms with E-state index in [1.54, 1.807) is 0 Å². The second kappa shape index (κ2) is 7.78. The maximum absolute atomic E-state index is 6.90. The van der Waals surface area contributed by atoms with Crippen LogP contribution < -0.4 is 5.84 Å². The molecule has 0 aliphatic heterocycles. The second-order valence-corrected chi connectivity index (χ2v) is 10.5. The first kappa shape index (κ1) is 21.5. The van der Waals surface area contributed by atoms with Crippen LogP contribution in [-0.2, 0) is 0 Å². The van der Waals surface area contributed by atoms with E-state index in [1.807, 2.05) is 4.68 Å². The molecule has 0 amide bonds. The van der Waals surface area contributed by atoms with Gasteiger partial charge in [-0.2, -0.15) is 0 Å². The lowest BCUT2D eigenvalue weighted by Gasteiger charge is -2.09.